The zero-order chi connectivity index (χ0) is 56.2. The van der Waals surface area contributed by atoms with Crippen molar-refractivity contribution in [2.24, 2.45) is 35.5 Å². The second-order valence-corrected chi connectivity index (χ2v) is 22.5. The van der Waals surface area contributed by atoms with E-state index in [-0.39, 0.29) is 74.4 Å². The van der Waals surface area contributed by atoms with Gasteiger partial charge in [0.25, 0.3) is 11.7 Å². The Morgan fingerprint density at radius 1 is 0.805 bits per heavy atom. The third-order valence-electron chi connectivity index (χ3n) is 16.3. The van der Waals surface area contributed by atoms with Crippen LogP contribution in [0, 0.1) is 35.5 Å². The molecule has 4 aliphatic heterocycles. The molecule has 18 heteroatoms. The standard InChI is InChI=1S/C59H93NO17/c1-37-15-11-10-12-16-38(2)50(75-36-46-35-73-26-25-71-23-24-72-27-28-74-46)33-45-20-18-43(7)59(68,77-45)56(65)57(66)60-22-14-13-17-47(60)58(67)76-51(40(4)31-44-19-21-48(61)52(32-44)69-8)34-49(62)39(3)30-42(6)54(64)55(70-9)53(63)41(5)29-37/h10-12,15-16,30,37,39-41,43-48,50-52,54-55,61,64,68H,13-14,17-29,31-36H2,1-9H3/b12-10+,15-11+,38-16+,42-30+/t37-,39-,40-,41-,43-,44+,45+,46?,47+,48-,50+,51+,52-,54-,55+,59-/m1/s1. The predicted octanol–water partition coefficient (Wildman–Crippen LogP) is 6.00. The van der Waals surface area contributed by atoms with E-state index < -0.39 is 90.0 Å². The minimum absolute atomic E-state index is 0.0275. The fourth-order valence-corrected chi connectivity index (χ4v) is 11.3. The number of aliphatic hydroxyl groups excluding tert-OH is 2. The van der Waals surface area contributed by atoms with Gasteiger partial charge in [0, 0.05) is 51.4 Å². The molecule has 4 fully saturated rings. The van der Waals surface area contributed by atoms with Crippen molar-refractivity contribution in [1.82, 2.24) is 4.90 Å². The van der Waals surface area contributed by atoms with Gasteiger partial charge in [0.05, 0.1) is 77.3 Å². The largest absolute Gasteiger partial charge is 0.460 e. The molecule has 2 bridgehead atoms. The highest BCUT2D eigenvalue weighted by Crippen LogP contribution is 2.38. The summed E-state index contributed by atoms with van der Waals surface area (Å²) in [6.45, 7) is 15.4. The quantitative estimate of drug-likeness (QED) is 0.144. The minimum Gasteiger partial charge on any atom is -0.460 e. The Morgan fingerprint density at radius 3 is 2.23 bits per heavy atom. The number of hydrogen-bond donors (Lipinski definition) is 3. The number of esters is 1. The first-order valence-electron chi connectivity index (χ1n) is 28.4. The number of carbonyl (C=O) groups excluding carboxylic acids is 5. The van der Waals surface area contributed by atoms with Gasteiger partial charge in [-0.2, -0.15) is 0 Å². The Morgan fingerprint density at radius 2 is 1.52 bits per heavy atom. The minimum atomic E-state index is -2.51. The van der Waals surface area contributed by atoms with Crippen molar-refractivity contribution < 1.29 is 81.9 Å². The number of Topliss-reactive ketones (excluding diaryl/α,β-unsaturated/α-hetero) is 3. The van der Waals surface area contributed by atoms with Crippen LogP contribution >= 0.6 is 0 Å². The number of ketones is 3. The predicted molar refractivity (Wildman–Crippen MR) is 286 cm³/mol. The molecule has 16 atom stereocenters. The summed E-state index contributed by atoms with van der Waals surface area (Å²) in [7, 11) is 2.94. The van der Waals surface area contributed by atoms with Crippen molar-refractivity contribution in [3.8, 4) is 0 Å². The number of ether oxygens (including phenoxy) is 9. The van der Waals surface area contributed by atoms with E-state index >= 15 is 0 Å². The SMILES string of the molecule is CO[C@@H]1C[C@H](C[C@@H](C)[C@@H]2CC(=O)[C@H](C)/C=C(\C)[C@@H](O)[C@@H](OC)C(=O)[C@H](C)C[C@H](C)/C=C/C=C/C=C(\C)[C@@H](OCC3COCCOCCOCCO3)C[C@@H]3CC[C@@H](C)[C@@](O)(O3)C(=O)C(=O)N3CCCC[C@H]3C(=O)O2)CC[C@H]1O. The lowest BCUT2D eigenvalue weighted by Gasteiger charge is -2.43. The summed E-state index contributed by atoms with van der Waals surface area (Å²) in [5.74, 6) is -8.37. The summed E-state index contributed by atoms with van der Waals surface area (Å²) in [6.07, 6.45) is 9.89. The highest BCUT2D eigenvalue weighted by Gasteiger charge is 2.53. The summed E-state index contributed by atoms with van der Waals surface area (Å²) in [5.41, 5.74) is 1.19. The summed E-state index contributed by atoms with van der Waals surface area (Å²) in [4.78, 5) is 73.0. The fourth-order valence-electron chi connectivity index (χ4n) is 11.3. The van der Waals surface area contributed by atoms with Gasteiger partial charge in [-0.15, -0.1) is 0 Å². The van der Waals surface area contributed by atoms with Gasteiger partial charge in [0.2, 0.25) is 5.79 Å². The van der Waals surface area contributed by atoms with Crippen LogP contribution in [0.5, 0.6) is 0 Å². The fraction of sp³-hybridized carbons (Fsp3) is 0.780. The number of allylic oxidation sites excluding steroid dienone is 6. The average molecular weight is 1090 g/mol. The maximum absolute atomic E-state index is 14.6. The van der Waals surface area contributed by atoms with E-state index in [1.807, 2.05) is 58.1 Å². The van der Waals surface area contributed by atoms with E-state index in [1.165, 1.54) is 12.0 Å². The van der Waals surface area contributed by atoms with Gasteiger partial charge in [-0.05, 0) is 107 Å². The maximum atomic E-state index is 14.6. The van der Waals surface area contributed by atoms with Gasteiger partial charge < -0.3 is 62.9 Å². The molecule has 3 N–H and O–H groups in total. The Bertz CT molecular complexity index is 2010. The highest BCUT2D eigenvalue weighted by atomic mass is 16.6. The van der Waals surface area contributed by atoms with Gasteiger partial charge >= 0.3 is 5.97 Å². The molecular weight excluding hydrogens is 995 g/mol. The summed E-state index contributed by atoms with van der Waals surface area (Å²) < 4.78 is 53.7. The van der Waals surface area contributed by atoms with E-state index in [2.05, 4.69) is 0 Å². The lowest BCUT2D eigenvalue weighted by molar-refractivity contribution is -0.266. The molecule has 1 amide bonds. The van der Waals surface area contributed by atoms with Crippen molar-refractivity contribution in [2.75, 3.05) is 73.6 Å². The van der Waals surface area contributed by atoms with Crippen molar-refractivity contribution in [3.63, 3.8) is 0 Å². The summed E-state index contributed by atoms with van der Waals surface area (Å²) in [6, 6.07) is -1.18. The van der Waals surface area contributed by atoms with E-state index in [4.69, 9.17) is 42.6 Å². The van der Waals surface area contributed by atoms with Gasteiger partial charge in [-0.25, -0.2) is 4.79 Å². The third-order valence-corrected chi connectivity index (χ3v) is 16.3. The van der Waals surface area contributed by atoms with E-state index in [9.17, 15) is 39.3 Å². The number of carbonyl (C=O) groups is 5. The van der Waals surface area contributed by atoms with Crippen LogP contribution in [-0.4, -0.2) is 184 Å². The number of nitrogens with zero attached hydrogens (tertiary/aromatic N) is 1. The maximum Gasteiger partial charge on any atom is 0.329 e. The second-order valence-electron chi connectivity index (χ2n) is 22.5. The molecule has 5 rings (SSSR count). The van der Waals surface area contributed by atoms with Gasteiger partial charge in [0.1, 0.15) is 36.2 Å². The average Bonchev–Trinajstić information content (AvgIpc) is 3.40. The van der Waals surface area contributed by atoms with Crippen LogP contribution in [0.25, 0.3) is 0 Å². The lowest BCUT2D eigenvalue weighted by Crippen LogP contribution is -2.61. The van der Waals surface area contributed by atoms with Gasteiger partial charge in [-0.1, -0.05) is 71.1 Å². The molecule has 1 saturated carbocycles. The first-order chi connectivity index (χ1) is 36.8. The lowest BCUT2D eigenvalue weighted by atomic mass is 9.78. The Labute approximate surface area is 457 Å². The number of hydrogen-bond acceptors (Lipinski definition) is 17. The molecular formula is C59H93NO17. The molecule has 3 saturated heterocycles. The van der Waals surface area contributed by atoms with Crippen molar-refractivity contribution in [3.05, 3.63) is 47.6 Å². The first-order valence-corrected chi connectivity index (χ1v) is 28.4. The monoisotopic (exact) mass is 1090 g/mol. The van der Waals surface area contributed by atoms with Gasteiger partial charge in [-0.3, -0.25) is 19.2 Å². The zero-order valence-electron chi connectivity index (χ0n) is 47.5. The van der Waals surface area contributed by atoms with Crippen LogP contribution in [0.3, 0.4) is 0 Å². The molecule has 1 unspecified atom stereocenters. The molecule has 0 spiro atoms. The number of fused-ring (bicyclic) bond motifs is 3. The smallest absolute Gasteiger partial charge is 0.329 e. The first kappa shape index (κ1) is 64.3. The molecule has 5 aliphatic rings. The van der Waals surface area contributed by atoms with Crippen LogP contribution in [-0.2, 0) is 66.6 Å². The number of amides is 1. The number of methoxy groups -OCH3 is 2. The molecule has 4 heterocycles. The van der Waals surface area contributed by atoms with Crippen LogP contribution in [0.4, 0.5) is 0 Å². The topological polar surface area (TPSA) is 232 Å². The molecule has 0 aromatic rings. The van der Waals surface area contributed by atoms with Gasteiger partial charge in [0.15, 0.2) is 5.78 Å². The highest BCUT2D eigenvalue weighted by molar-refractivity contribution is 6.39. The van der Waals surface area contributed by atoms with Crippen molar-refractivity contribution in [2.45, 2.75) is 186 Å². The van der Waals surface area contributed by atoms with Crippen LogP contribution in [0.1, 0.15) is 126 Å². The molecule has 0 aromatic heterocycles. The summed E-state index contributed by atoms with van der Waals surface area (Å²) in [5, 5.41) is 34.4. The molecule has 1 aliphatic carbocycles. The summed E-state index contributed by atoms with van der Waals surface area (Å²) >= 11 is 0. The second kappa shape index (κ2) is 32.1. The number of piperidine rings is 1. The van der Waals surface area contributed by atoms with Crippen LogP contribution in [0.15, 0.2) is 47.6 Å². The van der Waals surface area contributed by atoms with Crippen molar-refractivity contribution in [1.29, 1.82) is 0 Å². The number of cyclic esters (lactones) is 1. The van der Waals surface area contributed by atoms with E-state index in [1.54, 1.807) is 34.0 Å². The Balaban J connectivity index is 1.47. The number of rotatable bonds is 8. The third kappa shape index (κ3) is 19.0. The van der Waals surface area contributed by atoms with Crippen LogP contribution < -0.4 is 0 Å². The molecule has 77 heavy (non-hydrogen) atoms. The molecule has 0 radical (unpaired) electrons. The van der Waals surface area contributed by atoms with Crippen molar-refractivity contribution >= 4 is 29.2 Å². The Hall–Kier alpha value is -3.53. The normalized spacial score (nSPS) is 39.1. The molecule has 0 aromatic carbocycles. The zero-order valence-corrected chi connectivity index (χ0v) is 47.5. The van der Waals surface area contributed by atoms with E-state index in [0.717, 1.165) is 5.57 Å². The molecule has 436 valence electrons. The molecule has 18 nitrogen and oxygen atoms in total. The van der Waals surface area contributed by atoms with Crippen LogP contribution in [0.2, 0.25) is 0 Å². The Kier molecular flexibility index (Phi) is 26.8. The number of aliphatic hydroxyl groups is 3. The van der Waals surface area contributed by atoms with E-state index in [0.29, 0.717) is 103 Å².